The Bertz CT molecular complexity index is 467. The number of hydrogen-bond donors (Lipinski definition) is 2. The first-order chi connectivity index (χ1) is 9.08. The van der Waals surface area contributed by atoms with Gasteiger partial charge in [0, 0.05) is 6.54 Å². The lowest BCUT2D eigenvalue weighted by Crippen LogP contribution is -2.27. The predicted molar refractivity (Wildman–Crippen MR) is 73.0 cm³/mol. The first-order valence-electron chi connectivity index (χ1n) is 6.84. The summed E-state index contributed by atoms with van der Waals surface area (Å²) < 4.78 is 13.8. The van der Waals surface area contributed by atoms with Gasteiger partial charge in [-0.15, -0.1) is 0 Å². The summed E-state index contributed by atoms with van der Waals surface area (Å²) >= 11 is 0. The number of nitrogens with one attached hydrogen (secondary N) is 1. The van der Waals surface area contributed by atoms with Gasteiger partial charge in [0.2, 0.25) is 0 Å². The molecule has 0 unspecified atom stereocenters. The molecule has 4 heteroatoms. The Balaban J connectivity index is 2.17. The van der Waals surface area contributed by atoms with E-state index in [1.165, 1.54) is 31.0 Å². The van der Waals surface area contributed by atoms with Crippen LogP contribution in [0, 0.1) is 11.2 Å². The number of carbonyl (C=O) groups is 1. The summed E-state index contributed by atoms with van der Waals surface area (Å²) in [5, 5.41) is 12.1. The maximum absolute atomic E-state index is 13.8. The second-order valence-corrected chi connectivity index (χ2v) is 5.38. The molecule has 0 heterocycles. The number of halogens is 1. The molecule has 0 amide bonds. The molecule has 0 atom stereocenters. The summed E-state index contributed by atoms with van der Waals surface area (Å²) in [7, 11) is 0. The fourth-order valence-corrected chi connectivity index (χ4v) is 2.94. The van der Waals surface area contributed by atoms with E-state index < -0.39 is 11.8 Å². The third-order valence-corrected chi connectivity index (χ3v) is 4.30. The van der Waals surface area contributed by atoms with Crippen LogP contribution in [0.5, 0.6) is 0 Å². The van der Waals surface area contributed by atoms with Crippen molar-refractivity contribution in [1.82, 2.24) is 0 Å². The van der Waals surface area contributed by atoms with Gasteiger partial charge in [-0.25, -0.2) is 9.18 Å². The predicted octanol–water partition coefficient (Wildman–Crippen LogP) is 3.91. The number of carboxylic acid groups (broad SMARTS) is 1. The average Bonchev–Trinajstić information content (AvgIpc) is 2.86. The first kappa shape index (κ1) is 13.8. The van der Waals surface area contributed by atoms with Gasteiger partial charge in [0.25, 0.3) is 0 Å². The first-order valence-corrected chi connectivity index (χ1v) is 6.84. The van der Waals surface area contributed by atoms with E-state index in [1.807, 2.05) is 0 Å². The van der Waals surface area contributed by atoms with Crippen molar-refractivity contribution in [1.29, 1.82) is 0 Å². The molecule has 0 bridgehead atoms. The molecule has 104 valence electrons. The number of para-hydroxylation sites is 1. The van der Waals surface area contributed by atoms with Gasteiger partial charge in [-0.05, 0) is 36.8 Å². The average molecular weight is 265 g/mol. The monoisotopic (exact) mass is 265 g/mol. The molecule has 2 rings (SSSR count). The van der Waals surface area contributed by atoms with E-state index in [-0.39, 0.29) is 16.7 Å². The quantitative estimate of drug-likeness (QED) is 0.848. The highest BCUT2D eigenvalue weighted by molar-refractivity contribution is 5.94. The Hall–Kier alpha value is -1.58. The van der Waals surface area contributed by atoms with Crippen molar-refractivity contribution >= 4 is 11.7 Å². The lowest BCUT2D eigenvalue weighted by Gasteiger charge is -2.28. The molecule has 0 spiro atoms. The zero-order valence-corrected chi connectivity index (χ0v) is 11.2. The summed E-state index contributed by atoms with van der Waals surface area (Å²) in [6.45, 7) is 2.79. The third-order valence-electron chi connectivity index (χ3n) is 4.30. The molecular weight excluding hydrogens is 245 g/mol. The van der Waals surface area contributed by atoms with Crippen LogP contribution in [-0.2, 0) is 0 Å². The molecule has 2 N–H and O–H groups in total. The van der Waals surface area contributed by atoms with Gasteiger partial charge in [0.15, 0.2) is 0 Å². The van der Waals surface area contributed by atoms with Gasteiger partial charge < -0.3 is 10.4 Å². The molecule has 0 saturated heterocycles. The molecule has 3 nitrogen and oxygen atoms in total. The minimum atomic E-state index is -1.10. The second-order valence-electron chi connectivity index (χ2n) is 5.38. The van der Waals surface area contributed by atoms with E-state index in [9.17, 15) is 9.18 Å². The summed E-state index contributed by atoms with van der Waals surface area (Å²) in [6, 6.07) is 4.15. The minimum Gasteiger partial charge on any atom is -0.478 e. The Morgan fingerprint density at radius 2 is 2.11 bits per heavy atom. The molecule has 0 aliphatic heterocycles. The number of benzene rings is 1. The van der Waals surface area contributed by atoms with Crippen molar-refractivity contribution in [3.8, 4) is 0 Å². The summed E-state index contributed by atoms with van der Waals surface area (Å²) in [5.74, 6) is -1.59. The standard InChI is InChI=1S/C15H20FNO2/c1-2-15(8-3-4-9-15)10-17-13-11(14(18)19)6-5-7-12(13)16/h5-7,17H,2-4,8-10H2,1H3,(H,18,19). The molecule has 19 heavy (non-hydrogen) atoms. The molecule has 1 saturated carbocycles. The van der Waals surface area contributed by atoms with Crippen LogP contribution in [0.15, 0.2) is 18.2 Å². The van der Waals surface area contributed by atoms with E-state index in [4.69, 9.17) is 5.11 Å². The second kappa shape index (κ2) is 5.59. The van der Waals surface area contributed by atoms with Crippen LogP contribution in [0.1, 0.15) is 49.4 Å². The molecule has 1 aliphatic carbocycles. The van der Waals surface area contributed by atoms with E-state index in [0.717, 1.165) is 19.3 Å². The molecule has 1 aromatic carbocycles. The Morgan fingerprint density at radius 3 is 2.68 bits per heavy atom. The third kappa shape index (κ3) is 2.88. The minimum absolute atomic E-state index is 0.00394. The summed E-state index contributed by atoms with van der Waals surface area (Å²) in [6.07, 6.45) is 5.72. The Labute approximate surface area is 112 Å². The lowest BCUT2D eigenvalue weighted by molar-refractivity contribution is 0.0697. The molecule has 1 fully saturated rings. The normalized spacial score (nSPS) is 17.4. The van der Waals surface area contributed by atoms with Gasteiger partial charge in [-0.1, -0.05) is 25.8 Å². The van der Waals surface area contributed by atoms with Crippen LogP contribution in [-0.4, -0.2) is 17.6 Å². The van der Waals surface area contributed by atoms with E-state index >= 15 is 0 Å². The number of hydrogen-bond acceptors (Lipinski definition) is 2. The SMILES string of the molecule is CCC1(CNc2c(F)cccc2C(=O)O)CCCC1. The fourth-order valence-electron chi connectivity index (χ4n) is 2.94. The van der Waals surface area contributed by atoms with Crippen LogP contribution >= 0.6 is 0 Å². The fraction of sp³-hybridized carbons (Fsp3) is 0.533. The lowest BCUT2D eigenvalue weighted by atomic mass is 9.83. The van der Waals surface area contributed by atoms with Crippen LogP contribution in [0.3, 0.4) is 0 Å². The summed E-state index contributed by atoms with van der Waals surface area (Å²) in [4.78, 5) is 11.1. The van der Waals surface area contributed by atoms with Crippen molar-refractivity contribution in [3.05, 3.63) is 29.6 Å². The highest BCUT2D eigenvalue weighted by atomic mass is 19.1. The number of rotatable bonds is 5. The van der Waals surface area contributed by atoms with Gasteiger partial charge in [0.1, 0.15) is 5.82 Å². The van der Waals surface area contributed by atoms with E-state index in [1.54, 1.807) is 0 Å². The number of aromatic carboxylic acids is 1. The Morgan fingerprint density at radius 1 is 1.42 bits per heavy atom. The molecule has 0 radical (unpaired) electrons. The zero-order chi connectivity index (χ0) is 13.9. The van der Waals surface area contributed by atoms with Crippen molar-refractivity contribution in [2.45, 2.75) is 39.0 Å². The van der Waals surface area contributed by atoms with Crippen LogP contribution in [0.25, 0.3) is 0 Å². The topological polar surface area (TPSA) is 49.3 Å². The molecular formula is C15H20FNO2. The van der Waals surface area contributed by atoms with Crippen molar-refractivity contribution in [2.75, 3.05) is 11.9 Å². The largest absolute Gasteiger partial charge is 0.478 e. The maximum atomic E-state index is 13.8. The van der Waals surface area contributed by atoms with E-state index in [0.29, 0.717) is 6.54 Å². The molecule has 0 aromatic heterocycles. The highest BCUT2D eigenvalue weighted by Crippen LogP contribution is 2.41. The molecule has 1 aliphatic rings. The molecule has 1 aromatic rings. The van der Waals surface area contributed by atoms with Gasteiger partial charge in [0.05, 0.1) is 11.3 Å². The van der Waals surface area contributed by atoms with Crippen molar-refractivity contribution < 1.29 is 14.3 Å². The van der Waals surface area contributed by atoms with Gasteiger partial charge in [-0.2, -0.15) is 0 Å². The highest BCUT2D eigenvalue weighted by Gasteiger charge is 2.32. The van der Waals surface area contributed by atoms with Crippen LogP contribution in [0.2, 0.25) is 0 Å². The number of carboxylic acids is 1. The van der Waals surface area contributed by atoms with Crippen LogP contribution < -0.4 is 5.32 Å². The zero-order valence-electron chi connectivity index (χ0n) is 11.2. The van der Waals surface area contributed by atoms with Crippen LogP contribution in [0.4, 0.5) is 10.1 Å². The number of anilines is 1. The maximum Gasteiger partial charge on any atom is 0.337 e. The van der Waals surface area contributed by atoms with Gasteiger partial charge in [-0.3, -0.25) is 0 Å². The van der Waals surface area contributed by atoms with Crippen molar-refractivity contribution in [2.24, 2.45) is 5.41 Å². The van der Waals surface area contributed by atoms with Gasteiger partial charge >= 0.3 is 5.97 Å². The van der Waals surface area contributed by atoms with Crippen molar-refractivity contribution in [3.63, 3.8) is 0 Å². The summed E-state index contributed by atoms with van der Waals surface area (Å²) in [5.41, 5.74) is 0.317. The smallest absolute Gasteiger partial charge is 0.337 e. The Kier molecular flexibility index (Phi) is 4.08. The van der Waals surface area contributed by atoms with E-state index in [2.05, 4.69) is 12.2 Å².